The fourth-order valence-corrected chi connectivity index (χ4v) is 4.79. The second-order valence-corrected chi connectivity index (χ2v) is 9.68. The van der Waals surface area contributed by atoms with Gasteiger partial charge in [0.25, 0.3) is 11.8 Å². The zero-order chi connectivity index (χ0) is 25.9. The minimum Gasteiger partial charge on any atom is -0.330 e. The number of imide groups is 2. The van der Waals surface area contributed by atoms with E-state index >= 15 is 0 Å². The van der Waals surface area contributed by atoms with E-state index in [1.54, 1.807) is 6.07 Å². The molecule has 1 unspecified atom stereocenters. The van der Waals surface area contributed by atoms with Crippen LogP contribution in [0.5, 0.6) is 0 Å². The Kier molecular flexibility index (Phi) is 10.6. The third kappa shape index (κ3) is 7.46. The number of anilines is 1. The molecule has 0 aromatic heterocycles. The largest absolute Gasteiger partial charge is 0.330 e. The Hall–Kier alpha value is -3.07. The summed E-state index contributed by atoms with van der Waals surface area (Å²) < 4.78 is 0. The van der Waals surface area contributed by atoms with E-state index in [-0.39, 0.29) is 29.9 Å². The lowest BCUT2D eigenvalue weighted by atomic mass is 10.0. The molecule has 0 saturated carbocycles. The van der Waals surface area contributed by atoms with Crippen LogP contribution in [0.15, 0.2) is 18.2 Å². The van der Waals surface area contributed by atoms with Gasteiger partial charge in [0.2, 0.25) is 17.7 Å². The van der Waals surface area contributed by atoms with E-state index in [1.807, 2.05) is 0 Å². The number of hydrogen-bond donors (Lipinski definition) is 3. The molecule has 9 heteroatoms. The predicted molar refractivity (Wildman–Crippen MR) is 136 cm³/mol. The van der Waals surface area contributed by atoms with Gasteiger partial charge in [-0.15, -0.1) is 0 Å². The second-order valence-electron chi connectivity index (χ2n) is 9.68. The van der Waals surface area contributed by atoms with Crippen LogP contribution in [0.1, 0.15) is 111 Å². The molecule has 2 aliphatic heterocycles. The normalized spacial score (nSPS) is 17.4. The lowest BCUT2D eigenvalue weighted by molar-refractivity contribution is -0.136. The molecular weight excluding hydrogens is 460 g/mol. The van der Waals surface area contributed by atoms with E-state index in [2.05, 4.69) is 10.6 Å². The van der Waals surface area contributed by atoms with E-state index in [9.17, 15) is 24.0 Å². The molecule has 0 spiro atoms. The molecular formula is C27H38N4O5. The summed E-state index contributed by atoms with van der Waals surface area (Å²) >= 11 is 0. The summed E-state index contributed by atoms with van der Waals surface area (Å²) in [6, 6.07) is 3.56. The molecule has 4 N–H and O–H groups in total. The van der Waals surface area contributed by atoms with E-state index in [0.717, 1.165) is 37.1 Å². The molecule has 1 saturated heterocycles. The number of amides is 5. The van der Waals surface area contributed by atoms with E-state index in [0.29, 0.717) is 12.1 Å². The van der Waals surface area contributed by atoms with E-state index in [4.69, 9.17) is 5.73 Å². The van der Waals surface area contributed by atoms with Crippen molar-refractivity contribution in [2.45, 2.75) is 95.9 Å². The number of benzene rings is 1. The van der Waals surface area contributed by atoms with E-state index < -0.39 is 29.7 Å². The van der Waals surface area contributed by atoms with Crippen LogP contribution in [0, 0.1) is 0 Å². The third-order valence-electron chi connectivity index (χ3n) is 6.83. The van der Waals surface area contributed by atoms with Gasteiger partial charge in [-0.2, -0.15) is 0 Å². The molecule has 1 aromatic rings. The smallest absolute Gasteiger partial charge is 0.262 e. The molecule has 0 bridgehead atoms. The first-order chi connectivity index (χ1) is 17.4. The molecule has 0 aliphatic carbocycles. The third-order valence-corrected chi connectivity index (χ3v) is 6.83. The summed E-state index contributed by atoms with van der Waals surface area (Å²) in [7, 11) is 0. The number of piperidine rings is 1. The Morgan fingerprint density at radius 1 is 0.861 bits per heavy atom. The molecule has 9 nitrogen and oxygen atoms in total. The minimum atomic E-state index is -1.01. The summed E-state index contributed by atoms with van der Waals surface area (Å²) in [6.45, 7) is 0.789. The fourth-order valence-electron chi connectivity index (χ4n) is 4.79. The van der Waals surface area contributed by atoms with Gasteiger partial charge in [0, 0.05) is 18.5 Å². The molecule has 1 aromatic carbocycles. The van der Waals surface area contributed by atoms with Crippen molar-refractivity contribution in [3.05, 3.63) is 29.3 Å². The Balaban J connectivity index is 1.36. The van der Waals surface area contributed by atoms with Crippen LogP contribution in [0.3, 0.4) is 0 Å². The molecule has 196 valence electrons. The lowest BCUT2D eigenvalue weighted by Crippen LogP contribution is -2.54. The Labute approximate surface area is 212 Å². The number of nitrogens with one attached hydrogen (secondary N) is 2. The molecule has 2 heterocycles. The topological polar surface area (TPSA) is 139 Å². The highest BCUT2D eigenvalue weighted by Gasteiger charge is 2.44. The van der Waals surface area contributed by atoms with Gasteiger partial charge in [-0.1, -0.05) is 57.8 Å². The van der Waals surface area contributed by atoms with Gasteiger partial charge >= 0.3 is 0 Å². The number of fused-ring (bicyclic) bond motifs is 1. The number of hydrogen-bond acceptors (Lipinski definition) is 6. The summed E-state index contributed by atoms with van der Waals surface area (Å²) in [5.74, 6) is -2.34. The summed E-state index contributed by atoms with van der Waals surface area (Å²) in [4.78, 5) is 62.5. The Morgan fingerprint density at radius 2 is 1.44 bits per heavy atom. The van der Waals surface area contributed by atoms with Crippen LogP contribution in [-0.4, -0.2) is 47.0 Å². The van der Waals surface area contributed by atoms with Crippen molar-refractivity contribution < 1.29 is 24.0 Å². The van der Waals surface area contributed by atoms with Gasteiger partial charge in [-0.25, -0.2) is 0 Å². The molecule has 1 fully saturated rings. The van der Waals surface area contributed by atoms with Gasteiger partial charge < -0.3 is 11.1 Å². The molecule has 0 radical (unpaired) electrons. The zero-order valence-electron chi connectivity index (χ0n) is 21.0. The summed E-state index contributed by atoms with van der Waals surface area (Å²) in [6.07, 6.45) is 13.4. The summed E-state index contributed by atoms with van der Waals surface area (Å²) in [5, 5.41) is 4.98. The minimum absolute atomic E-state index is 0.0702. The maximum Gasteiger partial charge on any atom is 0.262 e. The van der Waals surface area contributed by atoms with Crippen LogP contribution in [0.25, 0.3) is 0 Å². The number of unbranched alkanes of at least 4 members (excludes halogenated alkanes) is 10. The standard InChI is InChI=1S/C27H38N4O5/c28-17-11-9-7-5-3-1-2-4-6-8-10-12-23(32)29-19-13-14-20-21(18-19)27(36)31(26(20)35)22-15-16-24(33)30-25(22)34/h13-14,18,22H,1-12,15-17,28H2,(H,29,32)(H,30,33,34). The van der Waals surface area contributed by atoms with Crippen molar-refractivity contribution in [3.63, 3.8) is 0 Å². The van der Waals surface area contributed by atoms with Crippen molar-refractivity contribution >= 4 is 35.2 Å². The second kappa shape index (κ2) is 13.9. The highest BCUT2D eigenvalue weighted by molar-refractivity contribution is 6.23. The van der Waals surface area contributed by atoms with Crippen LogP contribution in [0.2, 0.25) is 0 Å². The highest BCUT2D eigenvalue weighted by atomic mass is 16.2. The van der Waals surface area contributed by atoms with Crippen molar-refractivity contribution in [2.75, 3.05) is 11.9 Å². The van der Waals surface area contributed by atoms with Crippen LogP contribution in [0.4, 0.5) is 5.69 Å². The molecule has 1 atom stereocenters. The lowest BCUT2D eigenvalue weighted by Gasteiger charge is -2.27. The van der Waals surface area contributed by atoms with Gasteiger partial charge in [-0.05, 0) is 44.0 Å². The first kappa shape index (κ1) is 27.5. The van der Waals surface area contributed by atoms with Gasteiger partial charge in [0.1, 0.15) is 6.04 Å². The number of nitrogens with two attached hydrogens (primary N) is 1. The number of carbonyl (C=O) groups excluding carboxylic acids is 5. The maximum atomic E-state index is 12.9. The van der Waals surface area contributed by atoms with Crippen molar-refractivity contribution in [3.8, 4) is 0 Å². The quantitative estimate of drug-likeness (QED) is 0.249. The Bertz CT molecular complexity index is 977. The predicted octanol–water partition coefficient (Wildman–Crippen LogP) is 3.67. The number of nitrogens with zero attached hydrogens (tertiary/aromatic N) is 1. The van der Waals surface area contributed by atoms with Gasteiger partial charge in [0.05, 0.1) is 11.1 Å². The van der Waals surface area contributed by atoms with E-state index in [1.165, 1.54) is 57.1 Å². The first-order valence-corrected chi connectivity index (χ1v) is 13.3. The monoisotopic (exact) mass is 498 g/mol. The van der Waals surface area contributed by atoms with Crippen molar-refractivity contribution in [2.24, 2.45) is 5.73 Å². The number of carbonyl (C=O) groups is 5. The fraction of sp³-hybridized carbons (Fsp3) is 0.593. The number of rotatable bonds is 15. The Morgan fingerprint density at radius 3 is 2.06 bits per heavy atom. The molecule has 5 amide bonds. The SMILES string of the molecule is NCCCCCCCCCCCCCC(=O)Nc1ccc2c(c1)C(=O)N(C1CCC(=O)NC1=O)C2=O. The molecule has 36 heavy (non-hydrogen) atoms. The van der Waals surface area contributed by atoms with Gasteiger partial charge in [0.15, 0.2) is 0 Å². The zero-order valence-corrected chi connectivity index (χ0v) is 21.0. The summed E-state index contributed by atoms with van der Waals surface area (Å²) in [5.41, 5.74) is 6.29. The van der Waals surface area contributed by atoms with Gasteiger partial charge in [-0.3, -0.25) is 34.2 Å². The van der Waals surface area contributed by atoms with Crippen LogP contribution >= 0.6 is 0 Å². The van der Waals surface area contributed by atoms with Crippen molar-refractivity contribution in [1.29, 1.82) is 0 Å². The maximum absolute atomic E-state index is 12.9. The average molecular weight is 499 g/mol. The van der Waals surface area contributed by atoms with Crippen molar-refractivity contribution in [1.82, 2.24) is 10.2 Å². The molecule has 3 rings (SSSR count). The van der Waals surface area contributed by atoms with Crippen LogP contribution in [-0.2, 0) is 14.4 Å². The highest BCUT2D eigenvalue weighted by Crippen LogP contribution is 2.29. The van der Waals surface area contributed by atoms with Crippen LogP contribution < -0.4 is 16.4 Å². The average Bonchev–Trinajstić information content (AvgIpc) is 3.09. The first-order valence-electron chi connectivity index (χ1n) is 13.3. The molecule has 2 aliphatic rings.